The van der Waals surface area contributed by atoms with Gasteiger partial charge in [-0.3, -0.25) is 4.98 Å². The second-order valence-corrected chi connectivity index (χ2v) is 7.09. The molecule has 0 spiro atoms. The molecule has 0 bridgehead atoms. The zero-order valence-electron chi connectivity index (χ0n) is 15.3. The first-order valence-electron chi connectivity index (χ1n) is 9.46. The van der Waals surface area contributed by atoms with E-state index in [1.54, 1.807) is 6.20 Å². The third kappa shape index (κ3) is 3.09. The highest BCUT2D eigenvalue weighted by Crippen LogP contribution is 2.34. The van der Waals surface area contributed by atoms with Crippen LogP contribution >= 0.6 is 0 Å². The number of fused-ring (bicyclic) bond motifs is 1. The second-order valence-electron chi connectivity index (χ2n) is 7.09. The molecule has 1 aliphatic heterocycles. The van der Waals surface area contributed by atoms with Gasteiger partial charge in [-0.15, -0.1) is 0 Å². The van der Waals surface area contributed by atoms with Crippen LogP contribution in [0.25, 0.3) is 22.4 Å². The van der Waals surface area contributed by atoms with Crippen molar-refractivity contribution < 1.29 is 4.39 Å². The number of halogens is 1. The first-order chi connectivity index (χ1) is 13.8. The average molecular weight is 370 g/mol. The van der Waals surface area contributed by atoms with Gasteiger partial charge in [-0.1, -0.05) is 30.3 Å². The van der Waals surface area contributed by atoms with Gasteiger partial charge >= 0.3 is 0 Å². The summed E-state index contributed by atoms with van der Waals surface area (Å²) >= 11 is 0. The van der Waals surface area contributed by atoms with Crippen molar-refractivity contribution in [1.82, 2.24) is 15.0 Å². The number of para-hydroxylation sites is 1. The predicted molar refractivity (Wildman–Crippen MR) is 109 cm³/mol. The van der Waals surface area contributed by atoms with E-state index in [0.29, 0.717) is 11.7 Å². The molecule has 0 amide bonds. The Morgan fingerprint density at radius 3 is 2.54 bits per heavy atom. The van der Waals surface area contributed by atoms with E-state index in [2.05, 4.69) is 16.0 Å². The van der Waals surface area contributed by atoms with E-state index in [0.717, 1.165) is 41.9 Å². The molecule has 28 heavy (non-hydrogen) atoms. The van der Waals surface area contributed by atoms with Crippen LogP contribution in [0.3, 0.4) is 0 Å². The van der Waals surface area contributed by atoms with Gasteiger partial charge in [0.15, 0.2) is 5.82 Å². The molecule has 0 radical (unpaired) electrons. The molecule has 5 rings (SSSR count). The summed E-state index contributed by atoms with van der Waals surface area (Å²) in [5.74, 6) is 1.75. The van der Waals surface area contributed by atoms with Crippen LogP contribution in [0.1, 0.15) is 17.9 Å². The first kappa shape index (κ1) is 16.8. The Morgan fingerprint density at radius 2 is 1.71 bits per heavy atom. The minimum atomic E-state index is -0.194. The van der Waals surface area contributed by atoms with Gasteiger partial charge in [-0.05, 0) is 48.4 Å². The molecule has 2 aromatic heterocycles. The maximum atomic E-state index is 13.3. The quantitative estimate of drug-likeness (QED) is 0.518. The fraction of sp³-hybridized carbons (Fsp3) is 0.174. The Bertz CT molecular complexity index is 1110. The summed E-state index contributed by atoms with van der Waals surface area (Å²) < 4.78 is 13.3. The molecule has 1 unspecified atom stereocenters. The standard InChI is InChI=1S/C23H19FN4/c24-18-10-8-16(9-11-18)17-12-14-28(15-17)23-19-5-1-2-6-20(19)26-22(27-23)21-7-3-4-13-25-21/h1-11,13,17H,12,14-15H2. The van der Waals surface area contributed by atoms with Crippen LogP contribution in [-0.4, -0.2) is 28.0 Å². The molecule has 1 aliphatic rings. The van der Waals surface area contributed by atoms with E-state index >= 15 is 0 Å². The summed E-state index contributed by atoms with van der Waals surface area (Å²) in [4.78, 5) is 16.3. The van der Waals surface area contributed by atoms with E-state index in [4.69, 9.17) is 9.97 Å². The van der Waals surface area contributed by atoms with Crippen LogP contribution in [0.2, 0.25) is 0 Å². The number of benzene rings is 2. The van der Waals surface area contributed by atoms with Crippen molar-refractivity contribution >= 4 is 16.7 Å². The Hall–Kier alpha value is -3.34. The Labute approximate surface area is 162 Å². The molecule has 0 aliphatic carbocycles. The molecule has 1 saturated heterocycles. The average Bonchev–Trinajstić information content (AvgIpc) is 3.24. The lowest BCUT2D eigenvalue weighted by Gasteiger charge is -2.20. The number of hydrogen-bond acceptors (Lipinski definition) is 4. The first-order valence-corrected chi connectivity index (χ1v) is 9.46. The molecular formula is C23H19FN4. The van der Waals surface area contributed by atoms with Gasteiger partial charge in [0.25, 0.3) is 0 Å². The van der Waals surface area contributed by atoms with Gasteiger partial charge in [0.2, 0.25) is 0 Å². The molecule has 5 heteroatoms. The normalized spacial score (nSPS) is 16.6. The molecule has 4 nitrogen and oxygen atoms in total. The maximum absolute atomic E-state index is 13.3. The number of rotatable bonds is 3. The van der Waals surface area contributed by atoms with Crippen LogP contribution in [0, 0.1) is 5.82 Å². The second kappa shape index (κ2) is 7.00. The van der Waals surface area contributed by atoms with Crippen molar-refractivity contribution in [3.05, 3.63) is 84.3 Å². The highest BCUT2D eigenvalue weighted by molar-refractivity contribution is 5.91. The molecule has 3 heterocycles. The molecule has 138 valence electrons. The van der Waals surface area contributed by atoms with E-state index in [-0.39, 0.29) is 5.82 Å². The fourth-order valence-electron chi connectivity index (χ4n) is 3.87. The lowest BCUT2D eigenvalue weighted by atomic mass is 9.99. The number of anilines is 1. The van der Waals surface area contributed by atoms with Gasteiger partial charge in [0.05, 0.1) is 5.52 Å². The van der Waals surface area contributed by atoms with Crippen LogP contribution in [0.5, 0.6) is 0 Å². The minimum absolute atomic E-state index is 0.194. The monoisotopic (exact) mass is 370 g/mol. The van der Waals surface area contributed by atoms with Gasteiger partial charge in [-0.2, -0.15) is 0 Å². The number of pyridine rings is 1. The SMILES string of the molecule is Fc1ccc(C2CCN(c3nc(-c4ccccn4)nc4ccccc34)C2)cc1. The summed E-state index contributed by atoms with van der Waals surface area (Å²) in [7, 11) is 0. The lowest BCUT2D eigenvalue weighted by molar-refractivity contribution is 0.625. The van der Waals surface area contributed by atoms with Crippen molar-refractivity contribution in [1.29, 1.82) is 0 Å². The summed E-state index contributed by atoms with van der Waals surface area (Å²) in [6.07, 6.45) is 2.77. The smallest absolute Gasteiger partial charge is 0.180 e. The highest BCUT2D eigenvalue weighted by Gasteiger charge is 2.26. The number of hydrogen-bond donors (Lipinski definition) is 0. The van der Waals surface area contributed by atoms with Gasteiger partial charge in [0.1, 0.15) is 17.3 Å². The molecular weight excluding hydrogens is 351 g/mol. The van der Waals surface area contributed by atoms with E-state index in [1.165, 1.54) is 17.7 Å². The van der Waals surface area contributed by atoms with E-state index in [1.807, 2.05) is 48.5 Å². The molecule has 1 atom stereocenters. The number of nitrogens with zero attached hydrogens (tertiary/aromatic N) is 4. The molecule has 4 aromatic rings. The largest absolute Gasteiger partial charge is 0.355 e. The summed E-state index contributed by atoms with van der Waals surface area (Å²) in [6.45, 7) is 1.76. The zero-order valence-corrected chi connectivity index (χ0v) is 15.3. The summed E-state index contributed by atoms with van der Waals surface area (Å²) in [6, 6.07) is 20.7. The Balaban J connectivity index is 1.54. The summed E-state index contributed by atoms with van der Waals surface area (Å²) in [5.41, 5.74) is 2.86. The maximum Gasteiger partial charge on any atom is 0.180 e. The Morgan fingerprint density at radius 1 is 0.893 bits per heavy atom. The third-order valence-electron chi connectivity index (χ3n) is 5.31. The van der Waals surface area contributed by atoms with Crippen LogP contribution in [-0.2, 0) is 0 Å². The number of aromatic nitrogens is 3. The van der Waals surface area contributed by atoms with Crippen LogP contribution in [0.4, 0.5) is 10.2 Å². The van der Waals surface area contributed by atoms with Crippen molar-refractivity contribution in [3.8, 4) is 11.5 Å². The molecule has 0 saturated carbocycles. The van der Waals surface area contributed by atoms with Gasteiger partial charge in [-0.25, -0.2) is 14.4 Å². The van der Waals surface area contributed by atoms with Crippen molar-refractivity contribution in [3.63, 3.8) is 0 Å². The third-order valence-corrected chi connectivity index (χ3v) is 5.31. The lowest BCUT2D eigenvalue weighted by Crippen LogP contribution is -2.21. The van der Waals surface area contributed by atoms with Crippen molar-refractivity contribution in [2.75, 3.05) is 18.0 Å². The van der Waals surface area contributed by atoms with E-state index in [9.17, 15) is 4.39 Å². The van der Waals surface area contributed by atoms with Gasteiger partial charge < -0.3 is 4.90 Å². The summed E-state index contributed by atoms with van der Waals surface area (Å²) in [5, 5.41) is 1.04. The Kier molecular flexibility index (Phi) is 4.20. The van der Waals surface area contributed by atoms with Crippen LogP contribution < -0.4 is 4.90 Å². The van der Waals surface area contributed by atoms with Crippen molar-refractivity contribution in [2.24, 2.45) is 0 Å². The fourth-order valence-corrected chi connectivity index (χ4v) is 3.87. The van der Waals surface area contributed by atoms with Crippen molar-refractivity contribution in [2.45, 2.75) is 12.3 Å². The van der Waals surface area contributed by atoms with E-state index < -0.39 is 0 Å². The van der Waals surface area contributed by atoms with Crippen LogP contribution in [0.15, 0.2) is 72.9 Å². The minimum Gasteiger partial charge on any atom is -0.355 e. The highest BCUT2D eigenvalue weighted by atomic mass is 19.1. The molecule has 2 aromatic carbocycles. The van der Waals surface area contributed by atoms with Gasteiger partial charge in [0, 0.05) is 30.6 Å². The molecule has 0 N–H and O–H groups in total. The topological polar surface area (TPSA) is 41.9 Å². The zero-order chi connectivity index (χ0) is 18.9. The predicted octanol–water partition coefficient (Wildman–Crippen LogP) is 4.82. The molecule has 1 fully saturated rings.